The minimum Gasteiger partial charge on any atom is -0.343 e. The minimum atomic E-state index is -0.0720. The van der Waals surface area contributed by atoms with E-state index in [1.165, 1.54) is 6.42 Å². The summed E-state index contributed by atoms with van der Waals surface area (Å²) in [6, 6.07) is 5.61. The number of hydrogen-bond donors (Lipinski definition) is 1. The van der Waals surface area contributed by atoms with Crippen molar-refractivity contribution in [3.63, 3.8) is 0 Å². The first-order chi connectivity index (χ1) is 12.6. The predicted molar refractivity (Wildman–Crippen MR) is 103 cm³/mol. The number of carbonyl (C=O) groups excluding carboxylic acids is 1. The lowest BCUT2D eigenvalue weighted by atomic mass is 9.93. The average molecular weight is 356 g/mol. The van der Waals surface area contributed by atoms with Gasteiger partial charge in [-0.25, -0.2) is 4.98 Å². The summed E-state index contributed by atoms with van der Waals surface area (Å²) < 4.78 is 1.55. The van der Waals surface area contributed by atoms with Crippen molar-refractivity contribution in [3.8, 4) is 0 Å². The van der Waals surface area contributed by atoms with Gasteiger partial charge in [-0.2, -0.15) is 0 Å². The minimum absolute atomic E-state index is 0.0720. The van der Waals surface area contributed by atoms with Crippen molar-refractivity contribution >= 4 is 16.8 Å². The number of aromatic nitrogens is 2. The summed E-state index contributed by atoms with van der Waals surface area (Å²) in [6.45, 7) is 5.03. The number of nitrogens with zero attached hydrogens (tertiary/aromatic N) is 3. The van der Waals surface area contributed by atoms with Crippen LogP contribution in [0.3, 0.4) is 0 Å². The van der Waals surface area contributed by atoms with E-state index in [4.69, 9.17) is 0 Å². The number of fused-ring (bicyclic) bond motifs is 1. The molecule has 1 fully saturated rings. The third-order valence-electron chi connectivity index (χ3n) is 5.39. The van der Waals surface area contributed by atoms with Crippen LogP contribution in [0.2, 0.25) is 0 Å². The fourth-order valence-electron chi connectivity index (χ4n) is 3.69. The highest BCUT2D eigenvalue weighted by molar-refractivity contribution is 5.80. The number of amides is 1. The molecule has 0 atom stereocenters. The summed E-state index contributed by atoms with van der Waals surface area (Å²) in [5, 5.41) is 3.81. The molecule has 1 aromatic heterocycles. The van der Waals surface area contributed by atoms with Crippen LogP contribution in [-0.2, 0) is 11.3 Å². The second-order valence-electron chi connectivity index (χ2n) is 7.18. The zero-order valence-electron chi connectivity index (χ0n) is 15.7. The monoisotopic (exact) mass is 356 g/mol. The van der Waals surface area contributed by atoms with E-state index >= 15 is 0 Å². The van der Waals surface area contributed by atoms with Crippen molar-refractivity contribution in [2.24, 2.45) is 5.92 Å². The summed E-state index contributed by atoms with van der Waals surface area (Å²) in [5.74, 6) is 0.843. The normalized spacial score (nSPS) is 15.5. The molecule has 1 aliphatic rings. The number of nitrogens with one attached hydrogen (secondary N) is 1. The van der Waals surface area contributed by atoms with E-state index in [0.717, 1.165) is 43.6 Å². The van der Waals surface area contributed by atoms with Gasteiger partial charge in [0.15, 0.2) is 0 Å². The van der Waals surface area contributed by atoms with Gasteiger partial charge in [-0.1, -0.05) is 12.1 Å². The number of rotatable bonds is 6. The van der Waals surface area contributed by atoms with Crippen LogP contribution < -0.4 is 10.9 Å². The summed E-state index contributed by atoms with van der Waals surface area (Å²) in [4.78, 5) is 31.5. The standard InChI is InChI=1S/C20H28N4O2/c1-15-4-3-5-17-19(15)22-14-24(20(17)26)13-9-18(25)23-11-7-16(8-12-23)6-10-21-2/h3-5,14,16,21H,6-13H2,1-2H3. The SMILES string of the molecule is CNCCC1CCN(C(=O)CCn2cnc3c(C)cccc3c2=O)CC1. The van der Waals surface area contributed by atoms with Gasteiger partial charge in [0.25, 0.3) is 5.56 Å². The lowest BCUT2D eigenvalue weighted by Crippen LogP contribution is -2.39. The van der Waals surface area contributed by atoms with Gasteiger partial charge in [-0.05, 0) is 57.3 Å². The second kappa shape index (κ2) is 8.45. The molecular weight excluding hydrogens is 328 g/mol. The van der Waals surface area contributed by atoms with Crippen LogP contribution in [0.4, 0.5) is 0 Å². The van der Waals surface area contributed by atoms with E-state index in [9.17, 15) is 9.59 Å². The first-order valence-corrected chi connectivity index (χ1v) is 9.47. The number of piperidine rings is 1. The first kappa shape index (κ1) is 18.6. The highest BCUT2D eigenvalue weighted by Crippen LogP contribution is 2.20. The molecule has 140 valence electrons. The van der Waals surface area contributed by atoms with Crippen molar-refractivity contribution in [1.29, 1.82) is 0 Å². The van der Waals surface area contributed by atoms with Gasteiger partial charge in [0, 0.05) is 26.1 Å². The Morgan fingerprint density at radius 2 is 2.08 bits per heavy atom. The number of likely N-dealkylation sites (tertiary alicyclic amines) is 1. The van der Waals surface area contributed by atoms with Gasteiger partial charge >= 0.3 is 0 Å². The zero-order chi connectivity index (χ0) is 18.5. The van der Waals surface area contributed by atoms with Crippen molar-refractivity contribution in [3.05, 3.63) is 40.4 Å². The van der Waals surface area contributed by atoms with Crippen molar-refractivity contribution < 1.29 is 4.79 Å². The third kappa shape index (κ3) is 4.12. The molecule has 0 aliphatic carbocycles. The zero-order valence-corrected chi connectivity index (χ0v) is 15.7. The molecule has 1 saturated heterocycles. The molecule has 0 unspecified atom stereocenters. The van der Waals surface area contributed by atoms with E-state index in [1.807, 2.05) is 31.0 Å². The molecule has 1 N–H and O–H groups in total. The number of carbonyl (C=O) groups is 1. The van der Waals surface area contributed by atoms with Crippen LogP contribution in [-0.4, -0.2) is 47.0 Å². The molecule has 6 heteroatoms. The maximum absolute atomic E-state index is 12.6. The quantitative estimate of drug-likeness (QED) is 0.859. The van der Waals surface area contributed by atoms with Gasteiger partial charge in [0.1, 0.15) is 0 Å². The second-order valence-corrected chi connectivity index (χ2v) is 7.18. The lowest BCUT2D eigenvalue weighted by Gasteiger charge is -2.32. The fourth-order valence-corrected chi connectivity index (χ4v) is 3.69. The predicted octanol–water partition coefficient (Wildman–Crippen LogP) is 1.94. The number of para-hydroxylation sites is 1. The lowest BCUT2D eigenvalue weighted by molar-refractivity contribution is -0.132. The van der Waals surface area contributed by atoms with E-state index in [1.54, 1.807) is 17.0 Å². The Kier molecular flexibility index (Phi) is 6.04. The van der Waals surface area contributed by atoms with Crippen molar-refractivity contribution in [2.75, 3.05) is 26.7 Å². The fraction of sp³-hybridized carbons (Fsp3) is 0.550. The highest BCUT2D eigenvalue weighted by Gasteiger charge is 2.22. The van der Waals surface area contributed by atoms with Crippen LogP contribution in [0.5, 0.6) is 0 Å². The van der Waals surface area contributed by atoms with Crippen LogP contribution in [0, 0.1) is 12.8 Å². The Bertz CT molecular complexity index is 822. The molecule has 3 rings (SSSR count). The molecule has 1 aromatic carbocycles. The first-order valence-electron chi connectivity index (χ1n) is 9.47. The van der Waals surface area contributed by atoms with Crippen LogP contribution in [0.15, 0.2) is 29.3 Å². The third-order valence-corrected chi connectivity index (χ3v) is 5.39. The molecule has 2 heterocycles. The van der Waals surface area contributed by atoms with Crippen LogP contribution in [0.1, 0.15) is 31.2 Å². The maximum atomic E-state index is 12.6. The Balaban J connectivity index is 1.58. The summed E-state index contributed by atoms with van der Waals surface area (Å²) in [5.41, 5.74) is 1.66. The van der Waals surface area contributed by atoms with Gasteiger partial charge in [-0.3, -0.25) is 14.2 Å². The molecule has 2 aromatic rings. The molecular formula is C20H28N4O2. The Hall–Kier alpha value is -2.21. The molecule has 6 nitrogen and oxygen atoms in total. The number of benzene rings is 1. The number of hydrogen-bond acceptors (Lipinski definition) is 4. The topological polar surface area (TPSA) is 67.2 Å². The molecule has 1 amide bonds. The summed E-state index contributed by atoms with van der Waals surface area (Å²) in [6.07, 6.45) is 5.24. The molecule has 0 spiro atoms. The van der Waals surface area contributed by atoms with E-state index in [2.05, 4.69) is 10.3 Å². The highest BCUT2D eigenvalue weighted by atomic mass is 16.2. The smallest absolute Gasteiger partial charge is 0.261 e. The molecule has 0 radical (unpaired) electrons. The van der Waals surface area contributed by atoms with E-state index in [-0.39, 0.29) is 11.5 Å². The maximum Gasteiger partial charge on any atom is 0.261 e. The Labute approximate surface area is 154 Å². The van der Waals surface area contributed by atoms with E-state index < -0.39 is 0 Å². The Morgan fingerprint density at radius 1 is 1.31 bits per heavy atom. The summed E-state index contributed by atoms with van der Waals surface area (Å²) in [7, 11) is 1.98. The molecule has 1 aliphatic heterocycles. The van der Waals surface area contributed by atoms with Gasteiger partial charge < -0.3 is 10.2 Å². The van der Waals surface area contributed by atoms with Gasteiger partial charge in [0.2, 0.25) is 5.91 Å². The van der Waals surface area contributed by atoms with Crippen molar-refractivity contribution in [1.82, 2.24) is 19.8 Å². The number of aryl methyl sites for hydroxylation is 2. The van der Waals surface area contributed by atoms with Gasteiger partial charge in [-0.15, -0.1) is 0 Å². The molecule has 0 bridgehead atoms. The van der Waals surface area contributed by atoms with Crippen molar-refractivity contribution in [2.45, 2.75) is 39.2 Å². The van der Waals surface area contributed by atoms with Crippen LogP contribution in [0.25, 0.3) is 10.9 Å². The molecule has 0 saturated carbocycles. The van der Waals surface area contributed by atoms with E-state index in [0.29, 0.717) is 24.3 Å². The van der Waals surface area contributed by atoms with Crippen LogP contribution >= 0.6 is 0 Å². The summed E-state index contributed by atoms with van der Waals surface area (Å²) >= 11 is 0. The van der Waals surface area contributed by atoms with Gasteiger partial charge in [0.05, 0.1) is 17.2 Å². The molecule has 26 heavy (non-hydrogen) atoms. The average Bonchev–Trinajstić information content (AvgIpc) is 2.66. The Morgan fingerprint density at radius 3 is 2.81 bits per heavy atom. The largest absolute Gasteiger partial charge is 0.343 e.